The Balaban J connectivity index is 1.78. The summed E-state index contributed by atoms with van der Waals surface area (Å²) >= 11 is 0. The number of carboxylic acids is 1. The molecular weight excluding hydrogens is 511 g/mol. The summed E-state index contributed by atoms with van der Waals surface area (Å²) in [4.78, 5) is 15.4. The molecule has 2 aromatic heterocycles. The summed E-state index contributed by atoms with van der Waals surface area (Å²) in [6, 6.07) is 10.0. The number of allylic oxidation sites excluding steroid dienone is 2. The van der Waals surface area contributed by atoms with Crippen molar-refractivity contribution >= 4 is 17.9 Å². The van der Waals surface area contributed by atoms with Crippen LogP contribution in [0.2, 0.25) is 0 Å². The van der Waals surface area contributed by atoms with Crippen LogP contribution in [-0.4, -0.2) is 54.3 Å². The number of nitrogens with one attached hydrogen (secondary N) is 1. The smallest absolute Gasteiger partial charge is 0.305 e. The van der Waals surface area contributed by atoms with Crippen molar-refractivity contribution in [3.05, 3.63) is 90.0 Å². The zero-order valence-corrected chi connectivity index (χ0v) is 22.6. The second-order valence-corrected chi connectivity index (χ2v) is 9.99. The Morgan fingerprint density at radius 2 is 2.00 bits per heavy atom. The van der Waals surface area contributed by atoms with E-state index in [1.807, 2.05) is 29.0 Å². The number of pyridine rings is 1. The van der Waals surface area contributed by atoms with E-state index >= 15 is 0 Å². The van der Waals surface area contributed by atoms with Crippen LogP contribution in [0.15, 0.2) is 73.0 Å². The molecule has 0 amide bonds. The Bertz CT molecular complexity index is 1400. The normalized spacial score (nSPS) is 17.2. The largest absolute Gasteiger partial charge is 0.481 e. The van der Waals surface area contributed by atoms with Crippen molar-refractivity contribution < 1.29 is 24.5 Å². The Morgan fingerprint density at radius 1 is 1.23 bits per heavy atom. The highest BCUT2D eigenvalue weighted by Gasteiger charge is 2.23. The van der Waals surface area contributed by atoms with Crippen molar-refractivity contribution in [2.75, 3.05) is 5.32 Å². The summed E-state index contributed by atoms with van der Waals surface area (Å²) in [5, 5.41) is 37.9. The van der Waals surface area contributed by atoms with E-state index < -0.39 is 24.6 Å². The zero-order valence-electron chi connectivity index (χ0n) is 22.6. The third kappa shape index (κ3) is 7.31. The molecule has 0 radical (unpaired) electrons. The highest BCUT2D eigenvalue weighted by molar-refractivity contribution is 5.76. The van der Waals surface area contributed by atoms with Gasteiger partial charge in [0.25, 0.3) is 0 Å². The predicted molar refractivity (Wildman–Crippen MR) is 154 cm³/mol. The summed E-state index contributed by atoms with van der Waals surface area (Å²) in [7, 11) is 0. The molecular formula is C31H35FN4O4. The first-order chi connectivity index (χ1) is 19.2. The number of aromatic nitrogens is 3. The number of rotatable bonds is 12. The van der Waals surface area contributed by atoms with E-state index in [1.54, 1.807) is 24.4 Å². The molecule has 9 heteroatoms. The minimum absolute atomic E-state index is 0.0634. The Hall–Kier alpha value is -4.08. The molecule has 0 saturated carbocycles. The van der Waals surface area contributed by atoms with Gasteiger partial charge < -0.3 is 20.6 Å². The van der Waals surface area contributed by atoms with Crippen molar-refractivity contribution in [3.8, 4) is 16.9 Å². The lowest BCUT2D eigenvalue weighted by Gasteiger charge is -2.16. The van der Waals surface area contributed by atoms with Crippen LogP contribution in [0.25, 0.3) is 23.0 Å². The van der Waals surface area contributed by atoms with Crippen LogP contribution in [0.3, 0.4) is 0 Å². The first-order valence-electron chi connectivity index (χ1n) is 13.5. The molecule has 40 heavy (non-hydrogen) atoms. The minimum atomic E-state index is -1.18. The summed E-state index contributed by atoms with van der Waals surface area (Å²) in [5.41, 5.74) is 3.74. The van der Waals surface area contributed by atoms with Crippen molar-refractivity contribution in [1.82, 2.24) is 14.8 Å². The fourth-order valence-corrected chi connectivity index (χ4v) is 4.60. The number of anilines is 1. The summed E-state index contributed by atoms with van der Waals surface area (Å²) in [6.07, 6.45) is 12.0. The van der Waals surface area contributed by atoms with Gasteiger partial charge in [-0.25, -0.2) is 14.1 Å². The molecule has 4 N–H and O–H groups in total. The van der Waals surface area contributed by atoms with Gasteiger partial charge in [-0.05, 0) is 43.2 Å². The molecule has 1 aliphatic rings. The number of aliphatic hydroxyl groups excluding tert-OH is 2. The van der Waals surface area contributed by atoms with Gasteiger partial charge in [-0.15, -0.1) is 0 Å². The predicted octanol–water partition coefficient (Wildman–Crippen LogP) is 5.48. The second kappa shape index (κ2) is 13.3. The molecule has 3 aromatic rings. The SMILES string of the molecule is CCC(C)c1nn(-c2ccnc(NC3C=CC=CC3)c2)c(-c2ccc(F)cc2)c1/C=C/[C@@H](O)C[C@@H](O)CC(=O)O. The molecule has 2 heterocycles. The van der Waals surface area contributed by atoms with Crippen LogP contribution in [0.4, 0.5) is 10.2 Å². The third-order valence-electron chi connectivity index (χ3n) is 6.86. The van der Waals surface area contributed by atoms with Gasteiger partial charge in [0.2, 0.25) is 0 Å². The maximum absolute atomic E-state index is 13.9. The maximum atomic E-state index is 13.9. The van der Waals surface area contributed by atoms with Crippen molar-refractivity contribution in [2.45, 2.75) is 63.7 Å². The van der Waals surface area contributed by atoms with E-state index in [0.717, 1.165) is 35.3 Å². The van der Waals surface area contributed by atoms with Gasteiger partial charge in [0.05, 0.1) is 35.7 Å². The lowest BCUT2D eigenvalue weighted by atomic mass is 9.96. The number of carbonyl (C=O) groups is 1. The standard InChI is InChI=1S/C31H35FN4O4/c1-3-20(2)30-27(14-13-25(37)18-26(38)19-29(39)40)31(21-9-11-22(32)12-10-21)36(35-30)24-15-16-33-28(17-24)34-23-7-5-4-6-8-23/h4-7,9-17,20,23,25-26,37-38H,3,8,18-19H2,1-2H3,(H,33,34)(H,39,40)/b14-13+/t20?,23?,25-,26-/m1/s1. The molecule has 0 spiro atoms. The Labute approximate surface area is 233 Å². The molecule has 1 aromatic carbocycles. The number of hydrogen-bond donors (Lipinski definition) is 4. The Morgan fingerprint density at radius 3 is 2.67 bits per heavy atom. The number of hydrogen-bond acceptors (Lipinski definition) is 6. The molecule has 8 nitrogen and oxygen atoms in total. The molecule has 0 bridgehead atoms. The number of nitrogens with zero attached hydrogens (tertiary/aromatic N) is 3. The van der Waals surface area contributed by atoms with Crippen molar-refractivity contribution in [2.24, 2.45) is 0 Å². The van der Waals surface area contributed by atoms with Crippen molar-refractivity contribution in [1.29, 1.82) is 0 Å². The second-order valence-electron chi connectivity index (χ2n) is 9.99. The Kier molecular flexibility index (Phi) is 9.63. The first kappa shape index (κ1) is 28.9. The van der Waals surface area contributed by atoms with Crippen molar-refractivity contribution in [3.63, 3.8) is 0 Å². The van der Waals surface area contributed by atoms with E-state index in [4.69, 9.17) is 10.2 Å². The maximum Gasteiger partial charge on any atom is 0.305 e. The average Bonchev–Trinajstić information content (AvgIpc) is 3.31. The number of carboxylic acid groups (broad SMARTS) is 1. The van der Waals surface area contributed by atoms with E-state index in [9.17, 15) is 19.4 Å². The van der Waals surface area contributed by atoms with E-state index in [1.165, 1.54) is 18.2 Å². The summed E-state index contributed by atoms with van der Waals surface area (Å²) < 4.78 is 15.7. The number of aliphatic hydroxyl groups is 2. The minimum Gasteiger partial charge on any atom is -0.481 e. The average molecular weight is 547 g/mol. The highest BCUT2D eigenvalue weighted by atomic mass is 19.1. The zero-order chi connectivity index (χ0) is 28.6. The lowest BCUT2D eigenvalue weighted by molar-refractivity contribution is -0.139. The molecule has 1 aliphatic carbocycles. The van der Waals surface area contributed by atoms with Gasteiger partial charge in [0.1, 0.15) is 11.6 Å². The van der Waals surface area contributed by atoms with Gasteiger partial charge in [-0.3, -0.25) is 4.79 Å². The molecule has 210 valence electrons. The van der Waals surface area contributed by atoms with E-state index in [2.05, 4.69) is 36.3 Å². The fraction of sp³-hybridized carbons (Fsp3) is 0.323. The van der Waals surface area contributed by atoms with Gasteiger partial charge >= 0.3 is 5.97 Å². The number of aliphatic carboxylic acids is 1. The van der Waals surface area contributed by atoms with Gasteiger partial charge in [0, 0.05) is 41.8 Å². The molecule has 0 fully saturated rings. The summed E-state index contributed by atoms with van der Waals surface area (Å²) in [5.74, 6) is -0.742. The van der Waals surface area contributed by atoms with Gasteiger partial charge in [0.15, 0.2) is 0 Å². The third-order valence-corrected chi connectivity index (χ3v) is 6.86. The van der Waals surface area contributed by atoms with E-state index in [0.29, 0.717) is 11.5 Å². The molecule has 4 rings (SSSR count). The first-order valence-corrected chi connectivity index (χ1v) is 13.5. The lowest BCUT2D eigenvalue weighted by Crippen LogP contribution is -2.19. The van der Waals surface area contributed by atoms with Crippen LogP contribution in [0.5, 0.6) is 0 Å². The van der Waals surface area contributed by atoms with Gasteiger partial charge in [-0.2, -0.15) is 5.10 Å². The van der Waals surface area contributed by atoms with Crippen LogP contribution in [-0.2, 0) is 4.79 Å². The monoisotopic (exact) mass is 546 g/mol. The molecule has 2 unspecified atom stereocenters. The molecule has 0 saturated heterocycles. The van der Waals surface area contributed by atoms with Crippen LogP contribution >= 0.6 is 0 Å². The number of benzene rings is 1. The fourth-order valence-electron chi connectivity index (χ4n) is 4.60. The van der Waals surface area contributed by atoms with Gasteiger partial charge in [-0.1, -0.05) is 50.3 Å². The quantitative estimate of drug-likeness (QED) is 0.237. The van der Waals surface area contributed by atoms with Crippen LogP contribution < -0.4 is 5.32 Å². The highest BCUT2D eigenvalue weighted by Crippen LogP contribution is 2.35. The molecule has 0 aliphatic heterocycles. The van der Waals surface area contributed by atoms with Crippen LogP contribution in [0.1, 0.15) is 56.7 Å². The molecule has 4 atom stereocenters. The topological polar surface area (TPSA) is 121 Å². The van der Waals surface area contributed by atoms with Crippen LogP contribution in [0, 0.1) is 5.82 Å². The number of halogens is 1. The summed E-state index contributed by atoms with van der Waals surface area (Å²) in [6.45, 7) is 4.13. The van der Waals surface area contributed by atoms with E-state index in [-0.39, 0.29) is 24.2 Å².